The number of aliphatic hydroxyl groups is 2. The lowest BCUT2D eigenvalue weighted by molar-refractivity contribution is 0.260. The molecule has 68 valence electrons. The van der Waals surface area contributed by atoms with Crippen LogP contribution in [-0.2, 0) is 13.2 Å². The highest BCUT2D eigenvalue weighted by molar-refractivity contribution is 4.89. The van der Waals surface area contributed by atoms with Gasteiger partial charge in [-0.2, -0.15) is 0 Å². The molecular formula is C8H14N2O2. The van der Waals surface area contributed by atoms with Crippen molar-refractivity contribution < 1.29 is 10.2 Å². The molecule has 0 unspecified atom stereocenters. The Labute approximate surface area is 71.5 Å². The number of hydrogen-bond donors (Lipinski definition) is 2. The minimum atomic E-state index is -0.0217. The molecule has 0 aromatic carbocycles. The van der Waals surface area contributed by atoms with Gasteiger partial charge in [0.05, 0.1) is 0 Å². The van der Waals surface area contributed by atoms with Crippen LogP contribution in [0.2, 0.25) is 0 Å². The van der Waals surface area contributed by atoms with Crippen molar-refractivity contribution in [3.63, 3.8) is 0 Å². The predicted molar refractivity (Wildman–Crippen MR) is 44.5 cm³/mol. The van der Waals surface area contributed by atoms with Crippen LogP contribution in [0.1, 0.15) is 18.7 Å². The highest BCUT2D eigenvalue weighted by Gasteiger charge is 1.98. The van der Waals surface area contributed by atoms with E-state index in [1.165, 1.54) is 0 Å². The molecule has 0 saturated heterocycles. The summed E-state index contributed by atoms with van der Waals surface area (Å²) in [4.78, 5) is 3.96. The standard InChI is InChI=1S/C8H14N2O2/c11-6-2-1-4-10-5-3-9-8(10)7-12/h3,5,11-12H,1-2,4,6-7H2. The van der Waals surface area contributed by atoms with E-state index < -0.39 is 0 Å². The van der Waals surface area contributed by atoms with Crippen molar-refractivity contribution in [1.82, 2.24) is 9.55 Å². The summed E-state index contributed by atoms with van der Waals surface area (Å²) in [7, 11) is 0. The second-order valence-electron chi connectivity index (χ2n) is 2.63. The molecule has 0 amide bonds. The average Bonchev–Trinajstić information content (AvgIpc) is 2.52. The third kappa shape index (κ3) is 2.32. The molecule has 0 aliphatic rings. The summed E-state index contributed by atoms with van der Waals surface area (Å²) >= 11 is 0. The molecule has 0 aliphatic heterocycles. The molecule has 1 aromatic rings. The van der Waals surface area contributed by atoms with Gasteiger partial charge in [0.25, 0.3) is 0 Å². The zero-order chi connectivity index (χ0) is 8.81. The van der Waals surface area contributed by atoms with Crippen molar-refractivity contribution in [1.29, 1.82) is 0 Å². The normalized spacial score (nSPS) is 10.5. The Morgan fingerprint density at radius 1 is 1.33 bits per heavy atom. The van der Waals surface area contributed by atoms with Gasteiger partial charge in [-0.05, 0) is 12.8 Å². The number of imidazole rings is 1. The van der Waals surface area contributed by atoms with Crippen LogP contribution in [0, 0.1) is 0 Å². The molecule has 1 aromatic heterocycles. The highest BCUT2D eigenvalue weighted by atomic mass is 16.3. The maximum absolute atomic E-state index is 8.83. The van der Waals surface area contributed by atoms with Gasteiger partial charge < -0.3 is 14.8 Å². The first-order valence-electron chi connectivity index (χ1n) is 4.10. The van der Waals surface area contributed by atoms with Gasteiger partial charge in [0.15, 0.2) is 0 Å². The lowest BCUT2D eigenvalue weighted by Gasteiger charge is -2.03. The van der Waals surface area contributed by atoms with Gasteiger partial charge in [-0.15, -0.1) is 0 Å². The van der Waals surface area contributed by atoms with Crippen molar-refractivity contribution in [2.45, 2.75) is 26.0 Å². The number of rotatable bonds is 5. The second kappa shape index (κ2) is 4.90. The van der Waals surface area contributed by atoms with E-state index in [-0.39, 0.29) is 13.2 Å². The smallest absolute Gasteiger partial charge is 0.134 e. The molecule has 0 atom stereocenters. The lowest BCUT2D eigenvalue weighted by atomic mass is 10.3. The predicted octanol–water partition coefficient (Wildman–Crippen LogP) is 0.148. The third-order valence-corrected chi connectivity index (χ3v) is 1.75. The Morgan fingerprint density at radius 3 is 2.83 bits per heavy atom. The number of aryl methyl sites for hydroxylation is 1. The van der Waals surface area contributed by atoms with Crippen molar-refractivity contribution in [2.24, 2.45) is 0 Å². The fourth-order valence-electron chi connectivity index (χ4n) is 1.09. The number of nitrogens with zero attached hydrogens (tertiary/aromatic N) is 2. The molecule has 0 bridgehead atoms. The molecule has 0 fully saturated rings. The van der Waals surface area contributed by atoms with Gasteiger partial charge in [0, 0.05) is 25.5 Å². The molecule has 1 rings (SSSR count). The van der Waals surface area contributed by atoms with E-state index in [0.717, 1.165) is 19.4 Å². The molecular weight excluding hydrogens is 156 g/mol. The summed E-state index contributed by atoms with van der Waals surface area (Å²) in [5.74, 6) is 0.688. The number of unbranched alkanes of at least 4 members (excludes halogenated alkanes) is 1. The monoisotopic (exact) mass is 170 g/mol. The van der Waals surface area contributed by atoms with Gasteiger partial charge >= 0.3 is 0 Å². The van der Waals surface area contributed by atoms with Crippen LogP contribution in [0.5, 0.6) is 0 Å². The minimum Gasteiger partial charge on any atom is -0.396 e. The number of aliphatic hydroxyl groups excluding tert-OH is 2. The fourth-order valence-corrected chi connectivity index (χ4v) is 1.09. The van der Waals surface area contributed by atoms with E-state index in [1.54, 1.807) is 6.20 Å². The Balaban J connectivity index is 2.39. The van der Waals surface area contributed by atoms with Crippen LogP contribution in [0.25, 0.3) is 0 Å². The quantitative estimate of drug-likeness (QED) is 0.618. The summed E-state index contributed by atoms with van der Waals surface area (Å²) in [5, 5.41) is 17.4. The molecule has 1 heterocycles. The molecule has 4 nitrogen and oxygen atoms in total. The zero-order valence-corrected chi connectivity index (χ0v) is 6.98. The lowest BCUT2D eigenvalue weighted by Crippen LogP contribution is -2.03. The summed E-state index contributed by atoms with van der Waals surface area (Å²) in [6.07, 6.45) is 5.22. The summed E-state index contributed by atoms with van der Waals surface area (Å²) in [5.41, 5.74) is 0. The topological polar surface area (TPSA) is 58.3 Å². The number of hydrogen-bond acceptors (Lipinski definition) is 3. The first-order chi connectivity index (χ1) is 5.88. The van der Waals surface area contributed by atoms with E-state index in [4.69, 9.17) is 10.2 Å². The van der Waals surface area contributed by atoms with E-state index in [1.807, 2.05) is 10.8 Å². The van der Waals surface area contributed by atoms with E-state index in [9.17, 15) is 0 Å². The molecule has 12 heavy (non-hydrogen) atoms. The fraction of sp³-hybridized carbons (Fsp3) is 0.625. The molecule has 4 heteroatoms. The van der Waals surface area contributed by atoms with E-state index >= 15 is 0 Å². The van der Waals surface area contributed by atoms with Gasteiger partial charge in [-0.3, -0.25) is 0 Å². The molecule has 0 aliphatic carbocycles. The van der Waals surface area contributed by atoms with Crippen LogP contribution < -0.4 is 0 Å². The Morgan fingerprint density at radius 2 is 2.17 bits per heavy atom. The van der Waals surface area contributed by atoms with Crippen LogP contribution >= 0.6 is 0 Å². The third-order valence-electron chi connectivity index (χ3n) is 1.75. The minimum absolute atomic E-state index is 0.0217. The molecule has 0 spiro atoms. The largest absolute Gasteiger partial charge is 0.396 e. The molecule has 2 N–H and O–H groups in total. The van der Waals surface area contributed by atoms with Crippen molar-refractivity contribution in [3.05, 3.63) is 18.2 Å². The second-order valence-corrected chi connectivity index (χ2v) is 2.63. The Bertz CT molecular complexity index is 223. The molecule has 0 saturated carbocycles. The van der Waals surface area contributed by atoms with Crippen molar-refractivity contribution >= 4 is 0 Å². The SMILES string of the molecule is OCCCCn1ccnc1CO. The highest BCUT2D eigenvalue weighted by Crippen LogP contribution is 2.00. The van der Waals surface area contributed by atoms with Crippen LogP contribution in [0.4, 0.5) is 0 Å². The summed E-state index contributed by atoms with van der Waals surface area (Å²) < 4.78 is 1.90. The van der Waals surface area contributed by atoms with E-state index in [2.05, 4.69) is 4.98 Å². The van der Waals surface area contributed by atoms with Gasteiger partial charge in [-0.1, -0.05) is 0 Å². The van der Waals surface area contributed by atoms with Crippen molar-refractivity contribution in [2.75, 3.05) is 6.61 Å². The number of aromatic nitrogens is 2. The first kappa shape index (κ1) is 9.22. The first-order valence-corrected chi connectivity index (χ1v) is 4.10. The molecule has 0 radical (unpaired) electrons. The maximum atomic E-state index is 8.83. The van der Waals surface area contributed by atoms with Crippen LogP contribution in [-0.4, -0.2) is 26.4 Å². The zero-order valence-electron chi connectivity index (χ0n) is 6.98. The average molecular weight is 170 g/mol. The van der Waals surface area contributed by atoms with Gasteiger partial charge in [0.1, 0.15) is 12.4 Å². The van der Waals surface area contributed by atoms with Crippen molar-refractivity contribution in [3.8, 4) is 0 Å². The Hall–Kier alpha value is -0.870. The van der Waals surface area contributed by atoms with Gasteiger partial charge in [-0.25, -0.2) is 4.98 Å². The van der Waals surface area contributed by atoms with Crippen LogP contribution in [0.15, 0.2) is 12.4 Å². The Kier molecular flexibility index (Phi) is 3.76. The maximum Gasteiger partial charge on any atom is 0.134 e. The summed E-state index contributed by atoms with van der Waals surface area (Å²) in [6.45, 7) is 1.02. The van der Waals surface area contributed by atoms with Crippen LogP contribution in [0.3, 0.4) is 0 Å². The summed E-state index contributed by atoms with van der Waals surface area (Å²) in [6, 6.07) is 0. The van der Waals surface area contributed by atoms with E-state index in [0.29, 0.717) is 5.82 Å². The van der Waals surface area contributed by atoms with Gasteiger partial charge in [0.2, 0.25) is 0 Å².